The normalized spacial score (nSPS) is 14.1. The zero-order valence-corrected chi connectivity index (χ0v) is 14.9. The van der Waals surface area contributed by atoms with Gasteiger partial charge in [-0.2, -0.15) is 0 Å². The molecule has 0 amide bonds. The Labute approximate surface area is 131 Å². The topological polar surface area (TPSA) is 35.2 Å². The second-order valence-corrected chi connectivity index (χ2v) is 7.25. The van der Waals surface area contributed by atoms with Crippen LogP contribution in [0, 0.1) is 0 Å². The highest BCUT2D eigenvalue weighted by molar-refractivity contribution is 5.44. The Balaban J connectivity index is 3.33. The van der Waals surface area contributed by atoms with Crippen LogP contribution in [0.4, 0.5) is 0 Å². The molecule has 1 atom stereocenters. The molecule has 2 N–H and O–H groups in total. The predicted octanol–water partition coefficient (Wildman–Crippen LogP) is 5.14. The van der Waals surface area contributed by atoms with Crippen molar-refractivity contribution in [1.82, 2.24) is 0 Å². The predicted molar refractivity (Wildman–Crippen MR) is 92.0 cm³/mol. The fraction of sp³-hybridized carbons (Fsp3) is 0.684. The summed E-state index contributed by atoms with van der Waals surface area (Å²) < 4.78 is 5.96. The molecule has 0 heterocycles. The minimum Gasteiger partial charge on any atom is -0.475 e. The maximum Gasteiger partial charge on any atom is 0.147 e. The van der Waals surface area contributed by atoms with Gasteiger partial charge in [0.15, 0.2) is 0 Å². The van der Waals surface area contributed by atoms with Crippen LogP contribution in [-0.4, -0.2) is 6.23 Å². The monoisotopic (exact) mass is 291 g/mol. The highest BCUT2D eigenvalue weighted by Gasteiger charge is 2.27. The molecular weight excluding hydrogens is 258 g/mol. The molecule has 0 fully saturated rings. The lowest BCUT2D eigenvalue weighted by atomic mass is 9.76. The van der Waals surface area contributed by atoms with E-state index in [4.69, 9.17) is 10.5 Å². The highest BCUT2D eigenvalue weighted by atomic mass is 16.5. The van der Waals surface area contributed by atoms with Crippen LogP contribution in [0.1, 0.15) is 78.9 Å². The lowest BCUT2D eigenvalue weighted by Crippen LogP contribution is -2.28. The molecule has 0 spiro atoms. The summed E-state index contributed by atoms with van der Waals surface area (Å²) in [6.45, 7) is 15.6. The molecular formula is C19H33NO. The molecule has 2 heteroatoms. The fourth-order valence-corrected chi connectivity index (χ4v) is 2.22. The Hall–Kier alpha value is -1.02. The van der Waals surface area contributed by atoms with Crippen molar-refractivity contribution in [2.45, 2.75) is 84.8 Å². The third-order valence-electron chi connectivity index (χ3n) is 4.94. The van der Waals surface area contributed by atoms with Gasteiger partial charge in [-0.05, 0) is 41.7 Å². The van der Waals surface area contributed by atoms with Gasteiger partial charge in [-0.3, -0.25) is 5.73 Å². The zero-order valence-electron chi connectivity index (χ0n) is 14.9. The SMILES string of the molecule is CCC(N)Oc1ccc(C(C)(C)CC)cc1C(C)(C)CC. The summed E-state index contributed by atoms with van der Waals surface area (Å²) in [5.41, 5.74) is 8.90. The first-order valence-corrected chi connectivity index (χ1v) is 8.25. The van der Waals surface area contributed by atoms with Crippen molar-refractivity contribution in [3.63, 3.8) is 0 Å². The summed E-state index contributed by atoms with van der Waals surface area (Å²) in [6.07, 6.45) is 2.77. The molecule has 1 unspecified atom stereocenters. The van der Waals surface area contributed by atoms with Crippen LogP contribution < -0.4 is 10.5 Å². The highest BCUT2D eigenvalue weighted by Crippen LogP contribution is 2.38. The summed E-state index contributed by atoms with van der Waals surface area (Å²) >= 11 is 0. The summed E-state index contributed by atoms with van der Waals surface area (Å²) in [6, 6.07) is 6.62. The van der Waals surface area contributed by atoms with Gasteiger partial charge in [-0.25, -0.2) is 0 Å². The second kappa shape index (κ2) is 6.83. The number of hydrogen-bond donors (Lipinski definition) is 1. The average molecular weight is 291 g/mol. The van der Waals surface area contributed by atoms with Crippen LogP contribution >= 0.6 is 0 Å². The van der Waals surface area contributed by atoms with Gasteiger partial charge in [0.2, 0.25) is 0 Å². The van der Waals surface area contributed by atoms with Gasteiger partial charge in [-0.15, -0.1) is 0 Å². The Kier molecular flexibility index (Phi) is 5.86. The van der Waals surface area contributed by atoms with E-state index in [0.29, 0.717) is 0 Å². The van der Waals surface area contributed by atoms with Crippen molar-refractivity contribution < 1.29 is 4.74 Å². The first-order valence-electron chi connectivity index (χ1n) is 8.25. The Bertz CT molecular complexity index is 463. The zero-order chi connectivity index (χ0) is 16.3. The van der Waals surface area contributed by atoms with Crippen molar-refractivity contribution >= 4 is 0 Å². The van der Waals surface area contributed by atoms with E-state index in [1.165, 1.54) is 11.1 Å². The van der Waals surface area contributed by atoms with E-state index in [1.807, 2.05) is 6.92 Å². The number of hydrogen-bond acceptors (Lipinski definition) is 2. The first-order chi connectivity index (χ1) is 9.67. The molecule has 1 rings (SSSR count). The molecule has 0 aliphatic rings. The van der Waals surface area contributed by atoms with Gasteiger partial charge in [0.25, 0.3) is 0 Å². The third-order valence-corrected chi connectivity index (χ3v) is 4.94. The fourth-order valence-electron chi connectivity index (χ4n) is 2.22. The largest absolute Gasteiger partial charge is 0.475 e. The van der Waals surface area contributed by atoms with Crippen molar-refractivity contribution in [3.05, 3.63) is 29.3 Å². The second-order valence-electron chi connectivity index (χ2n) is 7.25. The third kappa shape index (κ3) is 4.23. The van der Waals surface area contributed by atoms with E-state index in [-0.39, 0.29) is 17.1 Å². The maximum atomic E-state index is 5.99. The molecule has 0 saturated carbocycles. The summed E-state index contributed by atoms with van der Waals surface area (Å²) in [5.74, 6) is 0.937. The smallest absolute Gasteiger partial charge is 0.147 e. The van der Waals surface area contributed by atoms with Crippen LogP contribution in [0.15, 0.2) is 18.2 Å². The van der Waals surface area contributed by atoms with Crippen LogP contribution in [0.2, 0.25) is 0 Å². The minimum atomic E-state index is -0.235. The molecule has 1 aromatic rings. The Morgan fingerprint density at radius 2 is 1.57 bits per heavy atom. The van der Waals surface area contributed by atoms with Gasteiger partial charge in [0, 0.05) is 5.56 Å². The summed E-state index contributed by atoms with van der Waals surface area (Å²) in [4.78, 5) is 0. The van der Waals surface area contributed by atoms with Crippen LogP contribution in [0.3, 0.4) is 0 Å². The van der Waals surface area contributed by atoms with Crippen LogP contribution in [0.25, 0.3) is 0 Å². The van der Waals surface area contributed by atoms with Gasteiger partial charge in [0.05, 0.1) is 0 Å². The van der Waals surface area contributed by atoms with E-state index in [0.717, 1.165) is 25.0 Å². The minimum absolute atomic E-state index is 0.0859. The number of rotatable bonds is 7. The Morgan fingerprint density at radius 3 is 2.05 bits per heavy atom. The Morgan fingerprint density at radius 1 is 1.00 bits per heavy atom. The van der Waals surface area contributed by atoms with Crippen molar-refractivity contribution in [3.8, 4) is 5.75 Å². The first kappa shape index (κ1) is 18.0. The number of benzene rings is 1. The summed E-state index contributed by atoms with van der Waals surface area (Å²) in [7, 11) is 0. The van der Waals surface area contributed by atoms with Crippen LogP contribution in [0.5, 0.6) is 5.75 Å². The van der Waals surface area contributed by atoms with Crippen molar-refractivity contribution in [1.29, 1.82) is 0 Å². The van der Waals surface area contributed by atoms with Crippen LogP contribution in [-0.2, 0) is 10.8 Å². The molecule has 1 aromatic carbocycles. The number of nitrogens with two attached hydrogens (primary N) is 1. The standard InChI is InChI=1S/C19H33NO/c1-8-17(20)21-16-12-11-14(18(4,5)9-2)13-15(16)19(6,7)10-3/h11-13,17H,8-10,20H2,1-7H3. The number of ether oxygens (including phenoxy) is 1. The maximum absolute atomic E-state index is 5.99. The molecule has 0 aromatic heterocycles. The van der Waals surface area contributed by atoms with Gasteiger partial charge < -0.3 is 4.74 Å². The summed E-state index contributed by atoms with van der Waals surface area (Å²) in [5, 5.41) is 0. The molecule has 0 saturated heterocycles. The molecule has 0 aliphatic heterocycles. The quantitative estimate of drug-likeness (QED) is 0.706. The molecule has 2 nitrogen and oxygen atoms in total. The van der Waals surface area contributed by atoms with E-state index in [9.17, 15) is 0 Å². The van der Waals surface area contributed by atoms with E-state index >= 15 is 0 Å². The van der Waals surface area contributed by atoms with Gasteiger partial charge in [-0.1, -0.05) is 60.6 Å². The van der Waals surface area contributed by atoms with Crippen molar-refractivity contribution in [2.24, 2.45) is 5.73 Å². The lowest BCUT2D eigenvalue weighted by molar-refractivity contribution is 0.199. The average Bonchev–Trinajstić information content (AvgIpc) is 2.47. The van der Waals surface area contributed by atoms with E-state index in [1.54, 1.807) is 0 Å². The molecule has 120 valence electrons. The molecule has 0 aliphatic carbocycles. The molecule has 0 radical (unpaired) electrons. The van der Waals surface area contributed by atoms with E-state index < -0.39 is 0 Å². The lowest BCUT2D eigenvalue weighted by Gasteiger charge is -2.31. The molecule has 0 bridgehead atoms. The van der Waals surface area contributed by atoms with E-state index in [2.05, 4.69) is 59.7 Å². The molecule has 21 heavy (non-hydrogen) atoms. The van der Waals surface area contributed by atoms with Gasteiger partial charge >= 0.3 is 0 Å². The van der Waals surface area contributed by atoms with Crippen molar-refractivity contribution in [2.75, 3.05) is 0 Å². The van der Waals surface area contributed by atoms with Gasteiger partial charge in [0.1, 0.15) is 12.0 Å².